The molecule has 0 unspecified atom stereocenters. The number of halogens is 1. The number of para-hydroxylation sites is 1. The quantitative estimate of drug-likeness (QED) is 0.708. The first kappa shape index (κ1) is 20.5. The van der Waals surface area contributed by atoms with Crippen molar-refractivity contribution in [3.8, 4) is 6.07 Å². The summed E-state index contributed by atoms with van der Waals surface area (Å²) >= 11 is 7.63. The number of amides is 1. The molecule has 0 atom stereocenters. The molecule has 146 valence electrons. The predicted octanol–water partition coefficient (Wildman–Crippen LogP) is 3.97. The fraction of sp³-hybridized carbons (Fsp3) is 0.381. The Morgan fingerprint density at radius 2 is 1.86 bits per heavy atom. The van der Waals surface area contributed by atoms with E-state index in [4.69, 9.17) is 11.6 Å². The molecule has 1 aromatic carbocycles. The molecule has 1 aliphatic heterocycles. The molecule has 1 fully saturated rings. The Bertz CT molecular complexity index is 933. The van der Waals surface area contributed by atoms with Crippen LogP contribution in [-0.4, -0.2) is 47.7 Å². The van der Waals surface area contributed by atoms with Crippen molar-refractivity contribution in [3.63, 3.8) is 0 Å². The number of aryl methyl sites for hydroxylation is 1. The van der Waals surface area contributed by atoms with Crippen LogP contribution in [-0.2, 0) is 4.79 Å². The van der Waals surface area contributed by atoms with Gasteiger partial charge in [0, 0.05) is 31.9 Å². The summed E-state index contributed by atoms with van der Waals surface area (Å²) in [6.07, 6.45) is 0. The lowest BCUT2D eigenvalue weighted by molar-refractivity contribution is -0.128. The van der Waals surface area contributed by atoms with Crippen molar-refractivity contribution in [3.05, 3.63) is 51.7 Å². The van der Waals surface area contributed by atoms with Crippen LogP contribution in [0, 0.1) is 32.1 Å². The van der Waals surface area contributed by atoms with E-state index < -0.39 is 0 Å². The maximum atomic E-state index is 12.7. The number of hydrogen-bond acceptors (Lipinski definition) is 5. The van der Waals surface area contributed by atoms with E-state index in [2.05, 4.69) is 16.0 Å². The van der Waals surface area contributed by atoms with E-state index in [1.807, 2.05) is 49.9 Å². The Kier molecular flexibility index (Phi) is 6.48. The van der Waals surface area contributed by atoms with Gasteiger partial charge < -0.3 is 9.80 Å². The van der Waals surface area contributed by atoms with E-state index in [-0.39, 0.29) is 11.7 Å². The second kappa shape index (κ2) is 8.85. The molecular formula is C21H23ClN4OS. The van der Waals surface area contributed by atoms with Crippen molar-refractivity contribution in [2.75, 3.05) is 36.8 Å². The number of carbonyl (C=O) groups excluding carboxylic acids is 1. The molecule has 1 aliphatic rings. The first-order valence-electron chi connectivity index (χ1n) is 9.20. The van der Waals surface area contributed by atoms with Crippen LogP contribution in [0.3, 0.4) is 0 Å². The van der Waals surface area contributed by atoms with Crippen molar-refractivity contribution in [2.24, 2.45) is 0 Å². The Balaban J connectivity index is 1.60. The highest BCUT2D eigenvalue weighted by Crippen LogP contribution is 2.28. The van der Waals surface area contributed by atoms with Gasteiger partial charge in [-0.05, 0) is 44.0 Å². The highest BCUT2D eigenvalue weighted by atomic mass is 35.5. The molecule has 0 saturated carbocycles. The molecule has 0 radical (unpaired) electrons. The van der Waals surface area contributed by atoms with Crippen LogP contribution >= 0.6 is 23.4 Å². The van der Waals surface area contributed by atoms with E-state index >= 15 is 0 Å². The fourth-order valence-corrected chi connectivity index (χ4v) is 4.52. The summed E-state index contributed by atoms with van der Waals surface area (Å²) in [6.45, 7) is 8.67. The van der Waals surface area contributed by atoms with Crippen molar-refractivity contribution in [2.45, 2.75) is 25.8 Å². The number of nitrogens with zero attached hydrogens (tertiary/aromatic N) is 4. The lowest BCUT2D eigenvalue weighted by atomic mass is 10.1. The van der Waals surface area contributed by atoms with Crippen molar-refractivity contribution >= 4 is 35.0 Å². The molecule has 3 rings (SSSR count). The van der Waals surface area contributed by atoms with Crippen LogP contribution in [0.2, 0.25) is 5.02 Å². The summed E-state index contributed by atoms with van der Waals surface area (Å²) in [5.74, 6) is 0.362. The highest BCUT2D eigenvalue weighted by Gasteiger charge is 2.23. The Hall–Kier alpha value is -2.23. The average molecular weight is 415 g/mol. The molecule has 1 amide bonds. The molecule has 1 aromatic heterocycles. The maximum Gasteiger partial charge on any atom is 0.233 e. The SMILES string of the molecule is Cc1nc(SCC(=O)N2CCN(c3ccccc3Cl)CC2)c(C#N)c(C)c1C. The van der Waals surface area contributed by atoms with Crippen LogP contribution in [0.5, 0.6) is 0 Å². The van der Waals surface area contributed by atoms with Gasteiger partial charge in [-0.15, -0.1) is 0 Å². The molecule has 2 aromatic rings. The molecule has 7 heteroatoms. The summed E-state index contributed by atoms with van der Waals surface area (Å²) in [6, 6.07) is 10.0. The minimum absolute atomic E-state index is 0.0744. The van der Waals surface area contributed by atoms with E-state index in [9.17, 15) is 10.1 Å². The third-order valence-corrected chi connectivity index (χ3v) is 6.51. The third-order valence-electron chi connectivity index (χ3n) is 5.23. The molecular weight excluding hydrogens is 392 g/mol. The zero-order valence-electron chi connectivity index (χ0n) is 16.3. The monoisotopic (exact) mass is 414 g/mol. The van der Waals surface area contributed by atoms with Crippen LogP contribution < -0.4 is 4.90 Å². The van der Waals surface area contributed by atoms with Crippen molar-refractivity contribution < 1.29 is 4.79 Å². The summed E-state index contributed by atoms with van der Waals surface area (Å²) in [7, 11) is 0. The van der Waals surface area contributed by atoms with Gasteiger partial charge >= 0.3 is 0 Å². The van der Waals surface area contributed by atoms with Crippen LogP contribution in [0.25, 0.3) is 0 Å². The van der Waals surface area contributed by atoms with Gasteiger partial charge in [0.2, 0.25) is 5.91 Å². The maximum absolute atomic E-state index is 12.7. The topological polar surface area (TPSA) is 60.2 Å². The minimum Gasteiger partial charge on any atom is -0.367 e. The predicted molar refractivity (Wildman–Crippen MR) is 114 cm³/mol. The number of piperazine rings is 1. The van der Waals surface area contributed by atoms with Crippen LogP contribution in [0.1, 0.15) is 22.4 Å². The molecule has 0 N–H and O–H groups in total. The number of carbonyl (C=O) groups is 1. The number of rotatable bonds is 4. The van der Waals surface area contributed by atoms with Gasteiger partial charge in [0.15, 0.2) is 0 Å². The Morgan fingerprint density at radius 3 is 2.50 bits per heavy atom. The molecule has 0 spiro atoms. The number of hydrogen-bond donors (Lipinski definition) is 0. The summed E-state index contributed by atoms with van der Waals surface area (Å²) in [4.78, 5) is 21.3. The van der Waals surface area contributed by atoms with Crippen LogP contribution in [0.15, 0.2) is 29.3 Å². The number of pyridine rings is 1. The van der Waals surface area contributed by atoms with Gasteiger partial charge in [-0.2, -0.15) is 5.26 Å². The van der Waals surface area contributed by atoms with Crippen molar-refractivity contribution in [1.82, 2.24) is 9.88 Å². The van der Waals surface area contributed by atoms with Gasteiger partial charge in [0.25, 0.3) is 0 Å². The van der Waals surface area contributed by atoms with E-state index in [1.54, 1.807) is 0 Å². The third kappa shape index (κ3) is 4.26. The largest absolute Gasteiger partial charge is 0.367 e. The Labute approximate surface area is 175 Å². The van der Waals surface area contributed by atoms with E-state index in [1.165, 1.54) is 11.8 Å². The van der Waals surface area contributed by atoms with Crippen LogP contribution in [0.4, 0.5) is 5.69 Å². The average Bonchev–Trinajstić information content (AvgIpc) is 2.71. The first-order chi connectivity index (χ1) is 13.4. The number of benzene rings is 1. The van der Waals surface area contributed by atoms with Gasteiger partial charge in [-0.1, -0.05) is 35.5 Å². The number of aromatic nitrogens is 1. The first-order valence-corrected chi connectivity index (χ1v) is 10.6. The molecule has 0 aliphatic carbocycles. The molecule has 0 bridgehead atoms. The van der Waals surface area contributed by atoms with Gasteiger partial charge in [-0.3, -0.25) is 4.79 Å². The number of thioether (sulfide) groups is 1. The molecule has 5 nitrogen and oxygen atoms in total. The second-order valence-corrected chi connectivity index (χ2v) is 8.22. The Morgan fingerprint density at radius 1 is 1.18 bits per heavy atom. The lowest BCUT2D eigenvalue weighted by Gasteiger charge is -2.36. The zero-order chi connectivity index (χ0) is 20.3. The highest BCUT2D eigenvalue weighted by molar-refractivity contribution is 8.00. The summed E-state index contributed by atoms with van der Waals surface area (Å²) < 4.78 is 0. The molecule has 1 saturated heterocycles. The van der Waals surface area contributed by atoms with Gasteiger partial charge in [-0.25, -0.2) is 4.98 Å². The van der Waals surface area contributed by atoms with Gasteiger partial charge in [0.05, 0.1) is 22.0 Å². The summed E-state index contributed by atoms with van der Waals surface area (Å²) in [5.41, 5.74) is 4.46. The fourth-order valence-electron chi connectivity index (χ4n) is 3.27. The lowest BCUT2D eigenvalue weighted by Crippen LogP contribution is -2.49. The molecule has 2 heterocycles. The minimum atomic E-state index is 0.0744. The second-order valence-electron chi connectivity index (χ2n) is 6.85. The van der Waals surface area contributed by atoms with Crippen molar-refractivity contribution in [1.29, 1.82) is 5.26 Å². The number of anilines is 1. The normalized spacial score (nSPS) is 14.1. The zero-order valence-corrected chi connectivity index (χ0v) is 17.9. The van der Waals surface area contributed by atoms with Gasteiger partial charge in [0.1, 0.15) is 11.1 Å². The smallest absolute Gasteiger partial charge is 0.233 e. The van der Waals surface area contributed by atoms with E-state index in [0.29, 0.717) is 23.7 Å². The standard InChI is InChI=1S/C21H23ClN4OS/c1-14-15(2)17(12-23)21(24-16(14)3)28-13-20(27)26-10-8-25(9-11-26)19-7-5-4-6-18(19)22/h4-7H,8-11,13H2,1-3H3. The van der Waals surface area contributed by atoms with E-state index in [0.717, 1.165) is 40.6 Å². The summed E-state index contributed by atoms with van der Waals surface area (Å²) in [5, 5.41) is 10.9. The molecule has 28 heavy (non-hydrogen) atoms. The number of nitriles is 1.